The van der Waals surface area contributed by atoms with Crippen molar-refractivity contribution in [3.05, 3.63) is 51.1 Å². The smallest absolute Gasteiger partial charge is 0.117 e. The normalized spacial score (nSPS) is 10.4. The van der Waals surface area contributed by atoms with Crippen LogP contribution in [-0.4, -0.2) is 5.11 Å². The quantitative estimate of drug-likeness (QED) is 0.774. The average molecular weight is 363 g/mol. The van der Waals surface area contributed by atoms with E-state index in [1.807, 2.05) is 6.07 Å². The fourth-order valence-electron chi connectivity index (χ4n) is 1.20. The first-order valence-corrected chi connectivity index (χ1v) is 6.84. The molecule has 0 saturated carbocycles. The maximum atomic E-state index is 9.25. The number of hydrogen-bond acceptors (Lipinski definition) is 2. The van der Waals surface area contributed by atoms with Crippen LogP contribution in [-0.2, 0) is 0 Å². The molecule has 2 aromatic rings. The minimum atomic E-state index is 0.192. The van der Waals surface area contributed by atoms with E-state index in [2.05, 4.69) is 46.9 Å². The van der Waals surface area contributed by atoms with Crippen LogP contribution in [0.25, 0.3) is 0 Å². The lowest BCUT2D eigenvalue weighted by Gasteiger charge is -2.04. The monoisotopic (exact) mass is 362 g/mol. The molecule has 0 unspecified atom stereocenters. The molecule has 2 aromatic carbocycles. The summed E-state index contributed by atoms with van der Waals surface area (Å²) in [6.07, 6.45) is 0. The molecule has 0 heterocycles. The van der Waals surface area contributed by atoms with Gasteiger partial charge in [0, 0.05) is 13.4 Å². The zero-order chi connectivity index (χ0) is 11.5. The summed E-state index contributed by atoms with van der Waals surface area (Å²) in [5.74, 6) is 0.192. The number of halogens is 2. The predicted octanol–water partition coefficient (Wildman–Crippen LogP) is 4.80. The standard InChI is InChI=1S/C12H8ClIOS/c13-11-7-9(15)3-6-12(11)16-10-4-1-8(14)2-5-10/h1-7,15H. The summed E-state index contributed by atoms with van der Waals surface area (Å²) in [6, 6.07) is 13.2. The largest absolute Gasteiger partial charge is 0.508 e. The highest BCUT2D eigenvalue weighted by molar-refractivity contribution is 14.1. The number of phenolic OH excluding ortho intramolecular Hbond substituents is 1. The molecule has 0 aliphatic rings. The van der Waals surface area contributed by atoms with E-state index in [4.69, 9.17) is 11.6 Å². The van der Waals surface area contributed by atoms with Crippen LogP contribution in [0.2, 0.25) is 5.02 Å². The van der Waals surface area contributed by atoms with Crippen LogP contribution in [0.15, 0.2) is 52.3 Å². The summed E-state index contributed by atoms with van der Waals surface area (Å²) < 4.78 is 1.21. The average Bonchev–Trinajstić information content (AvgIpc) is 2.25. The molecule has 2 rings (SSSR count). The lowest BCUT2D eigenvalue weighted by molar-refractivity contribution is 0.475. The van der Waals surface area contributed by atoms with Gasteiger partial charge in [0.05, 0.1) is 5.02 Å². The Morgan fingerprint density at radius 1 is 1.06 bits per heavy atom. The maximum absolute atomic E-state index is 9.25. The van der Waals surface area contributed by atoms with Crippen molar-refractivity contribution in [1.29, 1.82) is 0 Å². The van der Waals surface area contributed by atoms with Gasteiger partial charge in [-0.25, -0.2) is 0 Å². The summed E-state index contributed by atoms with van der Waals surface area (Å²) in [6.45, 7) is 0. The van der Waals surface area contributed by atoms with E-state index in [9.17, 15) is 5.11 Å². The van der Waals surface area contributed by atoms with Crippen LogP contribution in [0.5, 0.6) is 5.75 Å². The topological polar surface area (TPSA) is 20.2 Å². The summed E-state index contributed by atoms with van der Waals surface area (Å²) >= 11 is 9.88. The first-order chi connectivity index (χ1) is 7.65. The molecule has 0 atom stereocenters. The third kappa shape index (κ3) is 3.06. The van der Waals surface area contributed by atoms with Gasteiger partial charge in [0.2, 0.25) is 0 Å². The van der Waals surface area contributed by atoms with Crippen LogP contribution < -0.4 is 0 Å². The summed E-state index contributed by atoms with van der Waals surface area (Å²) in [4.78, 5) is 2.08. The molecule has 0 fully saturated rings. The molecule has 1 nitrogen and oxygen atoms in total. The Balaban J connectivity index is 2.23. The molecular weight excluding hydrogens is 355 g/mol. The lowest BCUT2D eigenvalue weighted by Crippen LogP contribution is -1.76. The van der Waals surface area contributed by atoms with Gasteiger partial charge in [-0.1, -0.05) is 23.4 Å². The predicted molar refractivity (Wildman–Crippen MR) is 76.4 cm³/mol. The number of phenols is 1. The van der Waals surface area contributed by atoms with Crippen molar-refractivity contribution in [3.63, 3.8) is 0 Å². The minimum Gasteiger partial charge on any atom is -0.508 e. The van der Waals surface area contributed by atoms with Crippen molar-refractivity contribution in [1.82, 2.24) is 0 Å². The molecule has 0 radical (unpaired) electrons. The fourth-order valence-corrected chi connectivity index (χ4v) is 2.67. The van der Waals surface area contributed by atoms with Crippen molar-refractivity contribution in [2.45, 2.75) is 9.79 Å². The molecule has 0 spiro atoms. The molecule has 0 amide bonds. The third-order valence-electron chi connectivity index (χ3n) is 1.96. The van der Waals surface area contributed by atoms with Crippen LogP contribution in [0, 0.1) is 3.57 Å². The molecule has 1 N–H and O–H groups in total. The number of aromatic hydroxyl groups is 1. The summed E-state index contributed by atoms with van der Waals surface area (Å²) in [7, 11) is 0. The minimum absolute atomic E-state index is 0.192. The van der Waals surface area contributed by atoms with E-state index in [0.717, 1.165) is 9.79 Å². The molecular formula is C12H8ClIOS. The highest BCUT2D eigenvalue weighted by Gasteiger charge is 2.03. The number of hydrogen-bond donors (Lipinski definition) is 1. The van der Waals surface area contributed by atoms with E-state index in [-0.39, 0.29) is 5.75 Å². The fraction of sp³-hybridized carbons (Fsp3) is 0. The second-order valence-corrected chi connectivity index (χ2v) is 5.94. The Kier molecular flexibility index (Phi) is 4.00. The van der Waals surface area contributed by atoms with E-state index in [1.54, 1.807) is 23.9 Å². The highest BCUT2D eigenvalue weighted by atomic mass is 127. The molecule has 0 aromatic heterocycles. The van der Waals surface area contributed by atoms with Crippen molar-refractivity contribution >= 4 is 46.0 Å². The van der Waals surface area contributed by atoms with Crippen LogP contribution >= 0.6 is 46.0 Å². The third-order valence-corrected chi connectivity index (χ3v) is 4.18. The SMILES string of the molecule is Oc1ccc(Sc2ccc(I)cc2)c(Cl)c1. The number of rotatable bonds is 2. The molecule has 0 aliphatic heterocycles. The van der Waals surface area contributed by atoms with E-state index in [1.165, 1.54) is 3.57 Å². The Morgan fingerprint density at radius 3 is 2.38 bits per heavy atom. The molecule has 82 valence electrons. The van der Waals surface area contributed by atoms with Crippen molar-refractivity contribution in [3.8, 4) is 5.75 Å². The van der Waals surface area contributed by atoms with Crippen molar-refractivity contribution < 1.29 is 5.11 Å². The van der Waals surface area contributed by atoms with Gasteiger partial charge in [-0.05, 0) is 65.1 Å². The van der Waals surface area contributed by atoms with Gasteiger partial charge in [0.15, 0.2) is 0 Å². The number of benzene rings is 2. The van der Waals surface area contributed by atoms with Gasteiger partial charge in [0.25, 0.3) is 0 Å². The second kappa shape index (κ2) is 5.29. The maximum Gasteiger partial charge on any atom is 0.117 e. The summed E-state index contributed by atoms with van der Waals surface area (Å²) in [5.41, 5.74) is 0. The van der Waals surface area contributed by atoms with Crippen LogP contribution in [0.1, 0.15) is 0 Å². The second-order valence-electron chi connectivity index (χ2n) is 3.17. The first-order valence-electron chi connectivity index (χ1n) is 4.57. The van der Waals surface area contributed by atoms with E-state index >= 15 is 0 Å². The van der Waals surface area contributed by atoms with E-state index < -0.39 is 0 Å². The van der Waals surface area contributed by atoms with Gasteiger partial charge >= 0.3 is 0 Å². The van der Waals surface area contributed by atoms with Gasteiger partial charge in [-0.3, -0.25) is 0 Å². The molecule has 0 bridgehead atoms. The van der Waals surface area contributed by atoms with Crippen LogP contribution in [0.4, 0.5) is 0 Å². The van der Waals surface area contributed by atoms with Gasteiger partial charge < -0.3 is 5.11 Å². The van der Waals surface area contributed by atoms with Crippen molar-refractivity contribution in [2.75, 3.05) is 0 Å². The zero-order valence-corrected chi connectivity index (χ0v) is 11.9. The molecule has 0 saturated heterocycles. The van der Waals surface area contributed by atoms with Gasteiger partial charge in [0.1, 0.15) is 5.75 Å². The van der Waals surface area contributed by atoms with Gasteiger partial charge in [-0.2, -0.15) is 0 Å². The molecule has 4 heteroatoms. The lowest BCUT2D eigenvalue weighted by atomic mass is 10.3. The Bertz CT molecular complexity index is 499. The van der Waals surface area contributed by atoms with Crippen molar-refractivity contribution in [2.24, 2.45) is 0 Å². The Hall–Kier alpha value is -0.390. The highest BCUT2D eigenvalue weighted by Crippen LogP contribution is 2.35. The first kappa shape index (κ1) is 12.1. The summed E-state index contributed by atoms with van der Waals surface area (Å²) in [5, 5.41) is 9.82. The molecule has 16 heavy (non-hydrogen) atoms. The molecule has 0 aliphatic carbocycles. The Labute approximate surface area is 117 Å². The zero-order valence-electron chi connectivity index (χ0n) is 8.15. The van der Waals surface area contributed by atoms with Crippen LogP contribution in [0.3, 0.4) is 0 Å². The Morgan fingerprint density at radius 2 is 1.75 bits per heavy atom. The van der Waals surface area contributed by atoms with Gasteiger partial charge in [-0.15, -0.1) is 0 Å². The van der Waals surface area contributed by atoms with E-state index in [0.29, 0.717) is 5.02 Å².